The summed E-state index contributed by atoms with van der Waals surface area (Å²) in [6.45, 7) is 2.41. The molecule has 0 atom stereocenters. The van der Waals surface area contributed by atoms with Gasteiger partial charge >= 0.3 is 0 Å². The minimum absolute atomic E-state index is 0.0215. The Morgan fingerprint density at radius 3 is 2.83 bits per heavy atom. The maximum absolute atomic E-state index is 10.5. The average Bonchev–Trinajstić information content (AvgIpc) is 2.29. The number of pyridine rings is 1. The zero-order chi connectivity index (χ0) is 13.5. The summed E-state index contributed by atoms with van der Waals surface area (Å²) >= 11 is 0. The van der Waals surface area contributed by atoms with Gasteiger partial charge in [-0.1, -0.05) is 0 Å². The fourth-order valence-corrected chi connectivity index (χ4v) is 1.48. The lowest BCUT2D eigenvalue weighted by molar-refractivity contribution is -0.385. The molecular formula is C11H16N4O3. The van der Waals surface area contributed by atoms with Crippen molar-refractivity contribution < 1.29 is 9.72 Å². The second-order valence-electron chi connectivity index (χ2n) is 3.97. The first kappa shape index (κ1) is 13.9. The lowest BCUT2D eigenvalue weighted by Gasteiger charge is -2.07. The number of unbranched alkanes of at least 4 members (excludes halogenated alkanes) is 1. The molecule has 0 fully saturated rings. The Morgan fingerprint density at radius 2 is 2.28 bits per heavy atom. The van der Waals surface area contributed by atoms with Gasteiger partial charge < -0.3 is 11.1 Å². The number of amides is 1. The van der Waals surface area contributed by atoms with E-state index >= 15 is 0 Å². The van der Waals surface area contributed by atoms with E-state index in [2.05, 4.69) is 10.3 Å². The molecule has 18 heavy (non-hydrogen) atoms. The van der Waals surface area contributed by atoms with Crippen LogP contribution in [0.5, 0.6) is 0 Å². The largest absolute Gasteiger partial charge is 0.370 e. The number of rotatable bonds is 7. The molecule has 7 heteroatoms. The predicted molar refractivity (Wildman–Crippen MR) is 67.2 cm³/mol. The van der Waals surface area contributed by atoms with E-state index in [0.29, 0.717) is 25.2 Å². The normalized spacial score (nSPS) is 10.1. The Labute approximate surface area is 105 Å². The summed E-state index contributed by atoms with van der Waals surface area (Å²) in [6, 6.07) is 1.47. The van der Waals surface area contributed by atoms with Crippen LogP contribution in [0.2, 0.25) is 0 Å². The minimum Gasteiger partial charge on any atom is -0.370 e. The molecule has 1 amide bonds. The molecule has 0 spiro atoms. The van der Waals surface area contributed by atoms with Crippen LogP contribution in [0.15, 0.2) is 12.3 Å². The van der Waals surface area contributed by atoms with Crippen molar-refractivity contribution in [1.82, 2.24) is 4.98 Å². The molecule has 0 aliphatic rings. The summed E-state index contributed by atoms with van der Waals surface area (Å²) < 4.78 is 0. The summed E-state index contributed by atoms with van der Waals surface area (Å²) in [4.78, 5) is 24.6. The van der Waals surface area contributed by atoms with E-state index in [4.69, 9.17) is 5.73 Å². The topological polar surface area (TPSA) is 111 Å². The Hall–Kier alpha value is -2.18. The number of hydrogen-bond donors (Lipinski definition) is 2. The van der Waals surface area contributed by atoms with Gasteiger partial charge in [0, 0.05) is 19.0 Å². The maximum Gasteiger partial charge on any atom is 0.287 e. The van der Waals surface area contributed by atoms with E-state index in [0.717, 1.165) is 12.0 Å². The monoisotopic (exact) mass is 252 g/mol. The van der Waals surface area contributed by atoms with E-state index in [-0.39, 0.29) is 11.6 Å². The third-order valence-corrected chi connectivity index (χ3v) is 2.42. The van der Waals surface area contributed by atoms with E-state index in [1.807, 2.05) is 0 Å². The number of carbonyl (C=O) groups excluding carboxylic acids is 1. The van der Waals surface area contributed by atoms with Crippen molar-refractivity contribution in [1.29, 1.82) is 0 Å². The molecule has 1 heterocycles. The van der Waals surface area contributed by atoms with E-state index < -0.39 is 4.92 Å². The smallest absolute Gasteiger partial charge is 0.287 e. The molecule has 0 saturated heterocycles. The van der Waals surface area contributed by atoms with Gasteiger partial charge in [-0.15, -0.1) is 0 Å². The standard InChI is InChI=1S/C11H16N4O3/c1-8-6-9(15(17)18)7-14-11(8)13-5-3-2-4-10(12)16/h6-7H,2-5H2,1H3,(H2,12,16)(H,13,14). The van der Waals surface area contributed by atoms with Crippen molar-refractivity contribution in [2.24, 2.45) is 5.73 Å². The van der Waals surface area contributed by atoms with Gasteiger partial charge in [-0.3, -0.25) is 14.9 Å². The van der Waals surface area contributed by atoms with Crippen molar-refractivity contribution >= 4 is 17.4 Å². The number of nitrogens with two attached hydrogens (primary N) is 1. The Morgan fingerprint density at radius 1 is 1.56 bits per heavy atom. The molecule has 0 unspecified atom stereocenters. The van der Waals surface area contributed by atoms with Gasteiger partial charge in [-0.25, -0.2) is 4.98 Å². The highest BCUT2D eigenvalue weighted by Gasteiger charge is 2.08. The molecule has 1 rings (SSSR count). The lowest BCUT2D eigenvalue weighted by atomic mass is 10.2. The van der Waals surface area contributed by atoms with Crippen LogP contribution in [0.4, 0.5) is 11.5 Å². The minimum atomic E-state index is -0.476. The summed E-state index contributed by atoms with van der Waals surface area (Å²) in [5, 5.41) is 13.6. The van der Waals surface area contributed by atoms with Crippen molar-refractivity contribution in [2.75, 3.05) is 11.9 Å². The number of carbonyl (C=O) groups is 1. The van der Waals surface area contributed by atoms with Crippen LogP contribution in [0.3, 0.4) is 0 Å². The van der Waals surface area contributed by atoms with Gasteiger partial charge in [-0.2, -0.15) is 0 Å². The summed E-state index contributed by atoms with van der Waals surface area (Å²) in [5.74, 6) is 0.319. The quantitative estimate of drug-likeness (QED) is 0.432. The van der Waals surface area contributed by atoms with Crippen LogP contribution in [-0.2, 0) is 4.79 Å². The Kier molecular flexibility index (Phi) is 5.04. The fraction of sp³-hybridized carbons (Fsp3) is 0.455. The number of nitrogens with one attached hydrogen (secondary N) is 1. The van der Waals surface area contributed by atoms with Crippen LogP contribution in [0, 0.1) is 17.0 Å². The molecular weight excluding hydrogens is 236 g/mol. The first-order chi connectivity index (χ1) is 8.50. The highest BCUT2D eigenvalue weighted by Crippen LogP contribution is 2.17. The third kappa shape index (κ3) is 4.36. The molecule has 7 nitrogen and oxygen atoms in total. The molecule has 0 radical (unpaired) electrons. The number of primary amides is 1. The van der Waals surface area contributed by atoms with Gasteiger partial charge in [0.05, 0.1) is 4.92 Å². The van der Waals surface area contributed by atoms with Crippen LogP contribution in [0.25, 0.3) is 0 Å². The molecule has 0 bridgehead atoms. The zero-order valence-electron chi connectivity index (χ0n) is 10.2. The second kappa shape index (κ2) is 6.53. The number of aryl methyl sites for hydroxylation is 1. The highest BCUT2D eigenvalue weighted by molar-refractivity contribution is 5.73. The molecule has 3 N–H and O–H groups in total. The SMILES string of the molecule is Cc1cc([N+](=O)[O-])cnc1NCCCCC(N)=O. The second-order valence-corrected chi connectivity index (χ2v) is 3.97. The fourth-order valence-electron chi connectivity index (χ4n) is 1.48. The first-order valence-corrected chi connectivity index (χ1v) is 5.64. The molecule has 0 aliphatic carbocycles. The molecule has 0 saturated carbocycles. The van der Waals surface area contributed by atoms with E-state index in [9.17, 15) is 14.9 Å². The Balaban J connectivity index is 2.43. The van der Waals surface area contributed by atoms with Gasteiger partial charge in [0.1, 0.15) is 12.0 Å². The number of nitro groups is 1. The van der Waals surface area contributed by atoms with E-state index in [1.165, 1.54) is 12.3 Å². The lowest BCUT2D eigenvalue weighted by Crippen LogP contribution is -2.11. The van der Waals surface area contributed by atoms with Crippen LogP contribution in [-0.4, -0.2) is 22.4 Å². The van der Waals surface area contributed by atoms with Crippen molar-refractivity contribution in [3.8, 4) is 0 Å². The zero-order valence-corrected chi connectivity index (χ0v) is 10.2. The number of aromatic nitrogens is 1. The van der Waals surface area contributed by atoms with Gasteiger partial charge in [0.2, 0.25) is 5.91 Å². The molecule has 1 aromatic rings. The number of anilines is 1. The molecule has 0 aliphatic heterocycles. The molecule has 0 aromatic carbocycles. The van der Waals surface area contributed by atoms with Gasteiger partial charge in [0.25, 0.3) is 5.69 Å². The predicted octanol–water partition coefficient (Wildman–Crippen LogP) is 1.37. The summed E-state index contributed by atoms with van der Waals surface area (Å²) in [6.07, 6.45) is 3.10. The first-order valence-electron chi connectivity index (χ1n) is 5.64. The van der Waals surface area contributed by atoms with Crippen LogP contribution < -0.4 is 11.1 Å². The van der Waals surface area contributed by atoms with E-state index in [1.54, 1.807) is 6.92 Å². The number of nitrogens with zero attached hydrogens (tertiary/aromatic N) is 2. The van der Waals surface area contributed by atoms with Crippen molar-refractivity contribution in [2.45, 2.75) is 26.2 Å². The molecule has 98 valence electrons. The average molecular weight is 252 g/mol. The van der Waals surface area contributed by atoms with Gasteiger partial charge in [-0.05, 0) is 25.3 Å². The number of hydrogen-bond acceptors (Lipinski definition) is 5. The summed E-state index contributed by atoms with van der Waals surface area (Å²) in [7, 11) is 0. The Bertz CT molecular complexity index is 448. The van der Waals surface area contributed by atoms with Crippen molar-refractivity contribution in [3.05, 3.63) is 27.9 Å². The molecule has 1 aromatic heterocycles. The van der Waals surface area contributed by atoms with Crippen molar-refractivity contribution in [3.63, 3.8) is 0 Å². The van der Waals surface area contributed by atoms with Crippen LogP contribution in [0.1, 0.15) is 24.8 Å². The highest BCUT2D eigenvalue weighted by atomic mass is 16.6. The summed E-state index contributed by atoms with van der Waals surface area (Å²) in [5.41, 5.74) is 5.72. The van der Waals surface area contributed by atoms with Gasteiger partial charge in [0.15, 0.2) is 0 Å². The third-order valence-electron chi connectivity index (χ3n) is 2.42. The van der Waals surface area contributed by atoms with Crippen LogP contribution >= 0.6 is 0 Å². The maximum atomic E-state index is 10.5.